The summed E-state index contributed by atoms with van der Waals surface area (Å²) < 4.78 is 23.8. The molecular formula is C24H30N2O4. The normalized spacial score (nSPS) is 20.7. The SMILES string of the molecule is COc1cccc2c1OC(CN(Cc1cccc3c1OCC3)C1CCNCC1)CO2. The van der Waals surface area contributed by atoms with Gasteiger partial charge in [0.15, 0.2) is 11.5 Å². The number of nitrogens with zero attached hydrogens (tertiary/aromatic N) is 1. The molecule has 30 heavy (non-hydrogen) atoms. The average Bonchev–Trinajstić information content (AvgIpc) is 3.29. The molecule has 0 amide bonds. The maximum absolute atomic E-state index is 6.37. The number of nitrogens with one attached hydrogen (secondary N) is 1. The third-order valence-corrected chi connectivity index (χ3v) is 6.30. The van der Waals surface area contributed by atoms with Gasteiger partial charge in [0.1, 0.15) is 18.5 Å². The molecule has 1 N–H and O–H groups in total. The molecular weight excluding hydrogens is 380 g/mol. The molecule has 5 rings (SSSR count). The van der Waals surface area contributed by atoms with Crippen molar-refractivity contribution in [3.05, 3.63) is 47.5 Å². The summed E-state index contributed by atoms with van der Waals surface area (Å²) in [5.41, 5.74) is 2.60. The Morgan fingerprint density at radius 3 is 2.80 bits per heavy atom. The van der Waals surface area contributed by atoms with E-state index in [0.29, 0.717) is 18.4 Å². The number of ether oxygens (including phenoxy) is 4. The van der Waals surface area contributed by atoms with Gasteiger partial charge in [-0.15, -0.1) is 0 Å². The summed E-state index contributed by atoms with van der Waals surface area (Å²) in [6.07, 6.45) is 3.25. The van der Waals surface area contributed by atoms with Crippen molar-refractivity contribution in [2.75, 3.05) is 40.0 Å². The Morgan fingerprint density at radius 2 is 1.93 bits per heavy atom. The number of hydrogen-bond acceptors (Lipinski definition) is 6. The molecule has 160 valence electrons. The first-order chi connectivity index (χ1) is 14.8. The van der Waals surface area contributed by atoms with Crippen molar-refractivity contribution in [1.82, 2.24) is 10.2 Å². The second-order valence-electron chi connectivity index (χ2n) is 8.25. The maximum Gasteiger partial charge on any atom is 0.204 e. The molecule has 0 spiro atoms. The van der Waals surface area contributed by atoms with Crippen LogP contribution < -0.4 is 24.3 Å². The largest absolute Gasteiger partial charge is 0.493 e. The molecule has 1 atom stereocenters. The minimum atomic E-state index is -0.0404. The quantitative estimate of drug-likeness (QED) is 0.790. The van der Waals surface area contributed by atoms with Crippen LogP contribution in [-0.2, 0) is 13.0 Å². The second-order valence-corrected chi connectivity index (χ2v) is 8.25. The van der Waals surface area contributed by atoms with Crippen LogP contribution in [0.2, 0.25) is 0 Å². The minimum absolute atomic E-state index is 0.0404. The lowest BCUT2D eigenvalue weighted by Gasteiger charge is -2.38. The fraction of sp³-hybridized carbons (Fsp3) is 0.500. The van der Waals surface area contributed by atoms with E-state index in [2.05, 4.69) is 28.4 Å². The number of rotatable bonds is 6. The molecule has 6 nitrogen and oxygen atoms in total. The van der Waals surface area contributed by atoms with Crippen LogP contribution in [0.4, 0.5) is 0 Å². The highest BCUT2D eigenvalue weighted by Gasteiger charge is 2.30. The van der Waals surface area contributed by atoms with Gasteiger partial charge in [-0.1, -0.05) is 24.3 Å². The van der Waals surface area contributed by atoms with Gasteiger partial charge in [-0.25, -0.2) is 0 Å². The third kappa shape index (κ3) is 3.94. The van der Waals surface area contributed by atoms with Crippen molar-refractivity contribution in [1.29, 1.82) is 0 Å². The predicted octanol–water partition coefficient (Wildman–Crippen LogP) is 3.02. The zero-order valence-corrected chi connectivity index (χ0v) is 17.6. The van der Waals surface area contributed by atoms with Crippen LogP contribution in [0.25, 0.3) is 0 Å². The fourth-order valence-electron chi connectivity index (χ4n) is 4.76. The molecule has 2 aromatic rings. The van der Waals surface area contributed by atoms with Crippen molar-refractivity contribution in [2.45, 2.75) is 38.0 Å². The van der Waals surface area contributed by atoms with Gasteiger partial charge in [-0.3, -0.25) is 4.90 Å². The van der Waals surface area contributed by atoms with Gasteiger partial charge >= 0.3 is 0 Å². The Balaban J connectivity index is 1.36. The van der Waals surface area contributed by atoms with E-state index >= 15 is 0 Å². The highest BCUT2D eigenvalue weighted by molar-refractivity contribution is 5.52. The lowest BCUT2D eigenvalue weighted by molar-refractivity contribution is 0.0336. The van der Waals surface area contributed by atoms with Crippen LogP contribution in [0.1, 0.15) is 24.0 Å². The summed E-state index contributed by atoms with van der Waals surface area (Å²) in [6, 6.07) is 12.8. The smallest absolute Gasteiger partial charge is 0.204 e. The molecule has 0 bridgehead atoms. The zero-order valence-electron chi connectivity index (χ0n) is 17.6. The Labute approximate surface area is 178 Å². The number of piperidine rings is 1. The summed E-state index contributed by atoms with van der Waals surface area (Å²) in [7, 11) is 1.67. The van der Waals surface area contributed by atoms with Gasteiger partial charge in [0.25, 0.3) is 0 Å². The van der Waals surface area contributed by atoms with Gasteiger partial charge in [-0.05, 0) is 43.6 Å². The molecule has 1 unspecified atom stereocenters. The molecule has 2 aromatic carbocycles. The monoisotopic (exact) mass is 410 g/mol. The molecule has 0 aromatic heterocycles. The number of fused-ring (bicyclic) bond motifs is 2. The van der Waals surface area contributed by atoms with Crippen molar-refractivity contribution in [3.63, 3.8) is 0 Å². The predicted molar refractivity (Wildman–Crippen MR) is 115 cm³/mol. The van der Waals surface area contributed by atoms with Gasteiger partial charge in [-0.2, -0.15) is 0 Å². The van der Waals surface area contributed by atoms with Gasteiger partial charge < -0.3 is 24.3 Å². The van der Waals surface area contributed by atoms with E-state index in [9.17, 15) is 0 Å². The Bertz CT molecular complexity index is 867. The minimum Gasteiger partial charge on any atom is -0.493 e. The summed E-state index contributed by atoms with van der Waals surface area (Å²) in [5.74, 6) is 3.28. The van der Waals surface area contributed by atoms with E-state index in [-0.39, 0.29) is 6.10 Å². The van der Waals surface area contributed by atoms with Crippen LogP contribution in [0.5, 0.6) is 23.0 Å². The van der Waals surface area contributed by atoms with E-state index in [1.54, 1.807) is 7.11 Å². The molecule has 0 radical (unpaired) electrons. The average molecular weight is 411 g/mol. The molecule has 3 aliphatic heterocycles. The molecule has 0 saturated carbocycles. The number of benzene rings is 2. The summed E-state index contributed by atoms with van der Waals surface area (Å²) in [4.78, 5) is 2.56. The Morgan fingerprint density at radius 1 is 1.07 bits per heavy atom. The molecule has 6 heteroatoms. The molecule has 3 heterocycles. The number of methoxy groups -OCH3 is 1. The van der Waals surface area contributed by atoms with Crippen LogP contribution in [-0.4, -0.2) is 57.0 Å². The first-order valence-electron chi connectivity index (χ1n) is 11.0. The van der Waals surface area contributed by atoms with Crippen LogP contribution >= 0.6 is 0 Å². The Hall–Kier alpha value is -2.44. The van der Waals surface area contributed by atoms with Crippen LogP contribution in [0, 0.1) is 0 Å². The molecule has 0 aliphatic carbocycles. The lowest BCUT2D eigenvalue weighted by Crippen LogP contribution is -2.48. The van der Waals surface area contributed by atoms with Gasteiger partial charge in [0.05, 0.1) is 13.7 Å². The molecule has 3 aliphatic rings. The standard InChI is InChI=1S/C24H30N2O4/c1-27-21-6-3-7-22-24(21)30-20(16-29-22)15-26(19-8-11-25-12-9-19)14-18-5-2-4-17-10-13-28-23(17)18/h2-7,19-20,25H,8-16H2,1H3. The fourth-order valence-corrected chi connectivity index (χ4v) is 4.76. The van der Waals surface area contributed by atoms with Crippen LogP contribution in [0.15, 0.2) is 36.4 Å². The van der Waals surface area contributed by atoms with E-state index in [1.807, 2.05) is 18.2 Å². The van der Waals surface area contributed by atoms with Gasteiger partial charge in [0, 0.05) is 31.1 Å². The summed E-state index contributed by atoms with van der Waals surface area (Å²) >= 11 is 0. The van der Waals surface area contributed by atoms with E-state index < -0.39 is 0 Å². The highest BCUT2D eigenvalue weighted by Crippen LogP contribution is 2.40. The first kappa shape index (κ1) is 19.5. The lowest BCUT2D eigenvalue weighted by atomic mass is 10.0. The molecule has 1 saturated heterocycles. The number of para-hydroxylation sites is 2. The highest BCUT2D eigenvalue weighted by atomic mass is 16.6. The van der Waals surface area contributed by atoms with Crippen molar-refractivity contribution < 1.29 is 18.9 Å². The first-order valence-corrected chi connectivity index (χ1v) is 11.0. The number of hydrogen-bond donors (Lipinski definition) is 1. The maximum atomic E-state index is 6.37. The third-order valence-electron chi connectivity index (χ3n) is 6.30. The second kappa shape index (κ2) is 8.74. The van der Waals surface area contributed by atoms with Crippen molar-refractivity contribution in [3.8, 4) is 23.0 Å². The van der Waals surface area contributed by atoms with E-state index in [1.165, 1.54) is 11.1 Å². The van der Waals surface area contributed by atoms with Gasteiger partial charge in [0.2, 0.25) is 5.75 Å². The van der Waals surface area contributed by atoms with Crippen molar-refractivity contribution >= 4 is 0 Å². The van der Waals surface area contributed by atoms with E-state index in [0.717, 1.165) is 69.3 Å². The van der Waals surface area contributed by atoms with E-state index in [4.69, 9.17) is 18.9 Å². The van der Waals surface area contributed by atoms with Crippen LogP contribution in [0.3, 0.4) is 0 Å². The van der Waals surface area contributed by atoms with Crippen molar-refractivity contribution in [2.24, 2.45) is 0 Å². The summed E-state index contributed by atoms with van der Waals surface area (Å²) in [5, 5.41) is 3.48. The topological polar surface area (TPSA) is 52.2 Å². The zero-order chi connectivity index (χ0) is 20.3. The molecule has 1 fully saturated rings. The Kier molecular flexibility index (Phi) is 5.69. The summed E-state index contributed by atoms with van der Waals surface area (Å²) in [6.45, 7) is 5.13.